The van der Waals surface area contributed by atoms with Crippen LogP contribution in [0, 0.1) is 13.8 Å². The SMILES string of the molecule is COc1cc(C(=O)O[C@H](C)c2nc(C)no2)ccc1C. The molecule has 1 atom stereocenters. The zero-order valence-corrected chi connectivity index (χ0v) is 11.8. The Labute approximate surface area is 116 Å². The molecule has 0 spiro atoms. The second-order valence-corrected chi connectivity index (χ2v) is 4.41. The van der Waals surface area contributed by atoms with E-state index in [0.717, 1.165) is 5.56 Å². The number of methoxy groups -OCH3 is 1. The third-order valence-corrected chi connectivity index (χ3v) is 2.82. The summed E-state index contributed by atoms with van der Waals surface area (Å²) >= 11 is 0. The van der Waals surface area contributed by atoms with Crippen molar-refractivity contribution in [2.75, 3.05) is 7.11 Å². The van der Waals surface area contributed by atoms with Gasteiger partial charge in [0.05, 0.1) is 12.7 Å². The van der Waals surface area contributed by atoms with Crippen LogP contribution in [0.5, 0.6) is 5.75 Å². The summed E-state index contributed by atoms with van der Waals surface area (Å²) in [7, 11) is 1.56. The molecule has 0 aliphatic carbocycles. The van der Waals surface area contributed by atoms with Crippen LogP contribution in [0.25, 0.3) is 0 Å². The highest BCUT2D eigenvalue weighted by atomic mass is 16.6. The Morgan fingerprint density at radius 1 is 1.35 bits per heavy atom. The minimum Gasteiger partial charge on any atom is -0.496 e. The lowest BCUT2D eigenvalue weighted by molar-refractivity contribution is 0.0265. The van der Waals surface area contributed by atoms with E-state index in [9.17, 15) is 4.79 Å². The van der Waals surface area contributed by atoms with Gasteiger partial charge < -0.3 is 14.0 Å². The first-order valence-corrected chi connectivity index (χ1v) is 6.17. The number of hydrogen-bond donors (Lipinski definition) is 0. The molecule has 2 aromatic rings. The van der Waals surface area contributed by atoms with Crippen LogP contribution in [0.1, 0.15) is 40.7 Å². The molecule has 0 amide bonds. The maximum atomic E-state index is 12.0. The van der Waals surface area contributed by atoms with Crippen molar-refractivity contribution in [2.24, 2.45) is 0 Å². The van der Waals surface area contributed by atoms with E-state index >= 15 is 0 Å². The van der Waals surface area contributed by atoms with Gasteiger partial charge in [-0.05, 0) is 38.5 Å². The normalized spacial score (nSPS) is 12.0. The number of aryl methyl sites for hydroxylation is 2. The third-order valence-electron chi connectivity index (χ3n) is 2.82. The average molecular weight is 276 g/mol. The van der Waals surface area contributed by atoms with Crippen molar-refractivity contribution in [3.05, 3.63) is 41.0 Å². The molecule has 0 fully saturated rings. The minimum atomic E-state index is -0.601. The Bertz CT molecular complexity index is 621. The van der Waals surface area contributed by atoms with Crippen LogP contribution in [0.2, 0.25) is 0 Å². The fourth-order valence-electron chi connectivity index (χ4n) is 1.70. The Kier molecular flexibility index (Phi) is 4.02. The zero-order chi connectivity index (χ0) is 14.7. The Morgan fingerprint density at radius 3 is 2.70 bits per heavy atom. The first-order chi connectivity index (χ1) is 9.51. The average Bonchev–Trinajstić information content (AvgIpc) is 2.86. The summed E-state index contributed by atoms with van der Waals surface area (Å²) in [5.74, 6) is 0.947. The smallest absolute Gasteiger partial charge is 0.339 e. The molecule has 0 saturated carbocycles. The van der Waals surface area contributed by atoms with Crippen LogP contribution < -0.4 is 4.74 Å². The molecule has 20 heavy (non-hydrogen) atoms. The van der Waals surface area contributed by atoms with Gasteiger partial charge in [0.1, 0.15) is 5.75 Å². The van der Waals surface area contributed by atoms with Gasteiger partial charge in [0, 0.05) is 0 Å². The van der Waals surface area contributed by atoms with E-state index in [1.807, 2.05) is 6.92 Å². The largest absolute Gasteiger partial charge is 0.496 e. The topological polar surface area (TPSA) is 74.5 Å². The van der Waals surface area contributed by atoms with Crippen molar-refractivity contribution < 1.29 is 18.8 Å². The summed E-state index contributed by atoms with van der Waals surface area (Å²) in [5, 5.41) is 3.66. The van der Waals surface area contributed by atoms with Crippen molar-refractivity contribution in [2.45, 2.75) is 26.9 Å². The fraction of sp³-hybridized carbons (Fsp3) is 0.357. The number of carbonyl (C=O) groups is 1. The number of esters is 1. The highest BCUT2D eigenvalue weighted by Gasteiger charge is 2.19. The molecule has 0 aliphatic heterocycles. The van der Waals surface area contributed by atoms with E-state index in [4.69, 9.17) is 14.0 Å². The molecule has 1 aromatic carbocycles. The highest BCUT2D eigenvalue weighted by molar-refractivity contribution is 5.90. The van der Waals surface area contributed by atoms with Crippen molar-refractivity contribution in [1.29, 1.82) is 0 Å². The third kappa shape index (κ3) is 2.96. The molecule has 0 aliphatic rings. The van der Waals surface area contributed by atoms with E-state index < -0.39 is 12.1 Å². The van der Waals surface area contributed by atoms with Crippen molar-refractivity contribution in [3.63, 3.8) is 0 Å². The quantitative estimate of drug-likeness (QED) is 0.799. The summed E-state index contributed by atoms with van der Waals surface area (Å²) in [4.78, 5) is 16.1. The number of hydrogen-bond acceptors (Lipinski definition) is 6. The molecular weight excluding hydrogens is 260 g/mol. The molecule has 6 nitrogen and oxygen atoms in total. The van der Waals surface area contributed by atoms with Crippen LogP contribution in [0.4, 0.5) is 0 Å². The van der Waals surface area contributed by atoms with Gasteiger partial charge in [-0.25, -0.2) is 4.79 Å². The zero-order valence-electron chi connectivity index (χ0n) is 11.8. The molecule has 0 unspecified atom stereocenters. The first-order valence-electron chi connectivity index (χ1n) is 6.17. The van der Waals surface area contributed by atoms with Gasteiger partial charge in [-0.3, -0.25) is 0 Å². The standard InChI is InChI=1S/C14H16N2O4/c1-8-5-6-11(7-12(8)18-4)14(17)19-9(2)13-15-10(3)16-20-13/h5-7,9H,1-4H3/t9-/m1/s1. The Hall–Kier alpha value is -2.37. The van der Waals surface area contributed by atoms with Crippen LogP contribution in [-0.2, 0) is 4.74 Å². The molecule has 0 N–H and O–H groups in total. The van der Waals surface area contributed by atoms with Gasteiger partial charge >= 0.3 is 5.97 Å². The van der Waals surface area contributed by atoms with Gasteiger partial charge in [0.15, 0.2) is 11.9 Å². The maximum absolute atomic E-state index is 12.0. The van der Waals surface area contributed by atoms with E-state index in [2.05, 4.69) is 10.1 Å². The molecule has 0 saturated heterocycles. The van der Waals surface area contributed by atoms with E-state index in [1.54, 1.807) is 39.2 Å². The summed E-state index contributed by atoms with van der Waals surface area (Å²) in [6, 6.07) is 5.13. The molecule has 0 bridgehead atoms. The van der Waals surface area contributed by atoms with Crippen molar-refractivity contribution in [1.82, 2.24) is 10.1 Å². The molecule has 6 heteroatoms. The van der Waals surface area contributed by atoms with Gasteiger partial charge in [0.2, 0.25) is 0 Å². The van der Waals surface area contributed by atoms with E-state index in [-0.39, 0.29) is 5.89 Å². The van der Waals surface area contributed by atoms with E-state index in [1.165, 1.54) is 0 Å². The molecule has 106 valence electrons. The summed E-state index contributed by atoms with van der Waals surface area (Å²) in [5.41, 5.74) is 1.36. The Balaban J connectivity index is 2.12. The number of aromatic nitrogens is 2. The molecule has 1 heterocycles. The summed E-state index contributed by atoms with van der Waals surface area (Å²) < 4.78 is 15.4. The second kappa shape index (κ2) is 5.73. The van der Waals surface area contributed by atoms with Gasteiger partial charge in [-0.2, -0.15) is 4.98 Å². The lowest BCUT2D eigenvalue weighted by Gasteiger charge is -2.10. The lowest BCUT2D eigenvalue weighted by atomic mass is 10.1. The van der Waals surface area contributed by atoms with Gasteiger partial charge in [-0.15, -0.1) is 0 Å². The number of ether oxygens (including phenoxy) is 2. The summed E-state index contributed by atoms with van der Waals surface area (Å²) in [6.45, 7) is 5.28. The maximum Gasteiger partial charge on any atom is 0.339 e. The fourth-order valence-corrected chi connectivity index (χ4v) is 1.70. The first kappa shape index (κ1) is 14.0. The molecule has 0 radical (unpaired) electrons. The van der Waals surface area contributed by atoms with E-state index in [0.29, 0.717) is 17.1 Å². The van der Waals surface area contributed by atoms with Crippen LogP contribution in [-0.4, -0.2) is 23.2 Å². The second-order valence-electron chi connectivity index (χ2n) is 4.41. The van der Waals surface area contributed by atoms with Crippen molar-refractivity contribution in [3.8, 4) is 5.75 Å². The number of rotatable bonds is 4. The predicted octanol–water partition coefficient (Wildman–Crippen LogP) is 2.61. The Morgan fingerprint density at radius 2 is 2.10 bits per heavy atom. The minimum absolute atomic E-state index is 0.273. The number of nitrogens with zero attached hydrogens (tertiary/aromatic N) is 2. The number of benzene rings is 1. The van der Waals surface area contributed by atoms with Crippen LogP contribution in [0.15, 0.2) is 22.7 Å². The van der Waals surface area contributed by atoms with Crippen molar-refractivity contribution >= 4 is 5.97 Å². The monoisotopic (exact) mass is 276 g/mol. The van der Waals surface area contributed by atoms with Crippen LogP contribution >= 0.6 is 0 Å². The molecule has 1 aromatic heterocycles. The van der Waals surface area contributed by atoms with Crippen LogP contribution in [0.3, 0.4) is 0 Å². The van der Waals surface area contributed by atoms with Gasteiger partial charge in [-0.1, -0.05) is 11.2 Å². The molecule has 2 rings (SSSR count). The summed E-state index contributed by atoms with van der Waals surface area (Å²) in [6.07, 6.45) is -0.601. The predicted molar refractivity (Wildman–Crippen MR) is 70.6 cm³/mol. The highest BCUT2D eigenvalue weighted by Crippen LogP contribution is 2.22. The number of carbonyl (C=O) groups excluding carboxylic acids is 1. The van der Waals surface area contributed by atoms with Gasteiger partial charge in [0.25, 0.3) is 5.89 Å². The lowest BCUT2D eigenvalue weighted by Crippen LogP contribution is -2.10. The molecular formula is C14H16N2O4.